The van der Waals surface area contributed by atoms with Crippen LogP contribution >= 0.6 is 7.82 Å². The van der Waals surface area contributed by atoms with E-state index in [0.29, 0.717) is 0 Å². The Morgan fingerprint density at radius 3 is 0.769 bits per heavy atom. The van der Waals surface area contributed by atoms with Crippen LogP contribution in [-0.2, 0) is 46.8 Å². The highest BCUT2D eigenvalue weighted by atomic mass is 32.3. The van der Waals surface area contributed by atoms with Gasteiger partial charge < -0.3 is 0 Å². The third-order valence-corrected chi connectivity index (χ3v) is 7.67. The van der Waals surface area contributed by atoms with E-state index in [4.69, 9.17) is 0 Å². The number of hydrogen-bond acceptors (Lipinski definition) is 10. The Balaban J connectivity index is 6.37. The third kappa shape index (κ3) is 5.92. The van der Waals surface area contributed by atoms with Gasteiger partial charge in [-0.3, -0.25) is 0 Å². The zero-order valence-electron chi connectivity index (χ0n) is 10.7. The first-order valence-electron chi connectivity index (χ1n) is 4.54. The van der Waals surface area contributed by atoms with Crippen LogP contribution in [0.1, 0.15) is 0 Å². The summed E-state index contributed by atoms with van der Waals surface area (Å²) in [6.07, 6.45) is 0. The minimum atomic E-state index is -7.80. The number of rotatable bonds is 6. The van der Waals surface area contributed by atoms with Crippen LogP contribution in [0.25, 0.3) is 0 Å². The SMILES string of the molecule is O=P(OS(=O)(=O)C(F)(F)F)(OS(=O)(=O)C(F)(F)F)OS(=O)(=O)C(F)(F)F. The molecule has 0 aliphatic heterocycles. The Hall–Kier alpha value is -0.670. The molecule has 26 heavy (non-hydrogen) atoms. The topological polar surface area (TPSA) is 147 Å². The maximum absolute atomic E-state index is 12.0. The van der Waals surface area contributed by atoms with E-state index < -0.39 is 54.7 Å². The standard InChI is InChI=1S/C3F9O10PS3/c4-1(5,6)24(14,15)20-23(13,21-25(16,17)2(7,8)9)22-26(18,19)3(10,11)12. The van der Waals surface area contributed by atoms with Crippen LogP contribution in [0.2, 0.25) is 0 Å². The van der Waals surface area contributed by atoms with Gasteiger partial charge in [-0.05, 0) is 0 Å². The highest BCUT2D eigenvalue weighted by molar-refractivity contribution is 7.98. The summed E-state index contributed by atoms with van der Waals surface area (Å²) < 4.78 is 189. The molecule has 0 bridgehead atoms. The molecule has 0 saturated carbocycles. The molecule has 158 valence electrons. The maximum Gasteiger partial charge on any atom is 0.523 e. The predicted octanol–water partition coefficient (Wildman–Crippen LogP) is 1.69. The van der Waals surface area contributed by atoms with Crippen LogP contribution in [0.4, 0.5) is 39.5 Å². The molecule has 0 aromatic rings. The molecular formula is C3F9O10PS3. The highest BCUT2D eigenvalue weighted by Gasteiger charge is 2.61. The minimum absolute atomic E-state index is 2.25. The van der Waals surface area contributed by atoms with Gasteiger partial charge in [-0.25, -0.2) is 4.57 Å². The molecule has 10 nitrogen and oxygen atoms in total. The lowest BCUT2D eigenvalue weighted by molar-refractivity contribution is -0.0549. The van der Waals surface area contributed by atoms with Gasteiger partial charge in [0.25, 0.3) is 0 Å². The lowest BCUT2D eigenvalue weighted by Gasteiger charge is -2.18. The van der Waals surface area contributed by atoms with Gasteiger partial charge in [0.1, 0.15) is 0 Å². The molecule has 0 aromatic heterocycles. The summed E-state index contributed by atoms with van der Waals surface area (Å²) in [4.78, 5) is 0. The summed E-state index contributed by atoms with van der Waals surface area (Å²) in [5.41, 5.74) is -20.2. The van der Waals surface area contributed by atoms with Crippen LogP contribution in [0.3, 0.4) is 0 Å². The van der Waals surface area contributed by atoms with Crippen molar-refractivity contribution in [3.63, 3.8) is 0 Å². The monoisotopic (exact) mass is 494 g/mol. The molecule has 0 rings (SSSR count). The summed E-state index contributed by atoms with van der Waals surface area (Å²) in [7, 11) is -30.2. The van der Waals surface area contributed by atoms with E-state index in [0.717, 1.165) is 0 Å². The lowest BCUT2D eigenvalue weighted by Crippen LogP contribution is -2.31. The van der Waals surface area contributed by atoms with Crippen molar-refractivity contribution in [2.75, 3.05) is 0 Å². The largest absolute Gasteiger partial charge is 0.523 e. The first-order chi connectivity index (χ1) is 10.9. The van der Waals surface area contributed by atoms with Crippen LogP contribution in [0.5, 0.6) is 0 Å². The molecule has 0 spiro atoms. The predicted molar refractivity (Wildman–Crippen MR) is 55.8 cm³/mol. The van der Waals surface area contributed by atoms with Gasteiger partial charge in [0.05, 0.1) is 0 Å². The molecule has 0 aliphatic rings. The molecule has 0 saturated heterocycles. The maximum atomic E-state index is 12.0. The molecule has 23 heteroatoms. The second-order valence-corrected chi connectivity index (χ2v) is 10.2. The van der Waals surface area contributed by atoms with Crippen molar-refractivity contribution < 1.29 is 81.2 Å². The van der Waals surface area contributed by atoms with E-state index in [1.807, 2.05) is 0 Å². The van der Waals surface area contributed by atoms with Crippen molar-refractivity contribution in [3.8, 4) is 0 Å². The Morgan fingerprint density at radius 2 is 0.654 bits per heavy atom. The molecule has 0 heterocycles. The zero-order valence-corrected chi connectivity index (χ0v) is 14.0. The third-order valence-electron chi connectivity index (χ3n) is 1.42. The van der Waals surface area contributed by atoms with Crippen molar-refractivity contribution in [2.45, 2.75) is 16.5 Å². The smallest absolute Gasteiger partial charge is 0.224 e. The normalized spacial score (nSPS) is 15.9. The second-order valence-electron chi connectivity index (χ2n) is 3.37. The number of hydrogen-bond donors (Lipinski definition) is 0. The molecule has 0 radical (unpaired) electrons. The summed E-state index contributed by atoms with van der Waals surface area (Å²) in [6.45, 7) is 0. The van der Waals surface area contributed by atoms with Crippen LogP contribution < -0.4 is 0 Å². The quantitative estimate of drug-likeness (QED) is 0.304. The Kier molecular flexibility index (Phi) is 6.57. The van der Waals surface area contributed by atoms with E-state index in [-0.39, 0.29) is 0 Å². The van der Waals surface area contributed by atoms with Gasteiger partial charge in [0.15, 0.2) is 0 Å². The van der Waals surface area contributed by atoms with E-state index in [2.05, 4.69) is 11.9 Å². The van der Waals surface area contributed by atoms with E-state index in [1.165, 1.54) is 0 Å². The first-order valence-corrected chi connectivity index (χ1v) is 10.2. The molecule has 0 aliphatic carbocycles. The molecule has 0 fully saturated rings. The average Bonchev–Trinajstić information content (AvgIpc) is 2.19. The lowest BCUT2D eigenvalue weighted by atomic mass is 11.6. The van der Waals surface area contributed by atoms with Gasteiger partial charge >= 0.3 is 54.7 Å². The van der Waals surface area contributed by atoms with Crippen LogP contribution in [-0.4, -0.2) is 41.8 Å². The van der Waals surface area contributed by atoms with Crippen LogP contribution in [0, 0.1) is 0 Å². The average molecular weight is 494 g/mol. The summed E-state index contributed by atoms with van der Waals surface area (Å²) >= 11 is 0. The van der Waals surface area contributed by atoms with Crippen molar-refractivity contribution in [3.05, 3.63) is 0 Å². The van der Waals surface area contributed by atoms with Gasteiger partial charge in [-0.15, -0.1) is 0 Å². The fraction of sp³-hybridized carbons (Fsp3) is 1.00. The van der Waals surface area contributed by atoms with E-state index >= 15 is 0 Å². The number of halogens is 9. The van der Waals surface area contributed by atoms with Gasteiger partial charge in [-0.2, -0.15) is 76.7 Å². The Labute approximate surface area is 136 Å². The van der Waals surface area contributed by atoms with E-state index in [1.54, 1.807) is 0 Å². The zero-order chi connectivity index (χ0) is 21.6. The summed E-state index contributed by atoms with van der Waals surface area (Å²) in [5.74, 6) is 0. The minimum Gasteiger partial charge on any atom is -0.224 e. The van der Waals surface area contributed by atoms with Gasteiger partial charge in [0, 0.05) is 0 Å². The van der Waals surface area contributed by atoms with Crippen molar-refractivity contribution in [1.29, 1.82) is 0 Å². The van der Waals surface area contributed by atoms with Gasteiger partial charge in [0.2, 0.25) is 0 Å². The van der Waals surface area contributed by atoms with Gasteiger partial charge in [-0.1, -0.05) is 0 Å². The second kappa shape index (κ2) is 6.74. The van der Waals surface area contributed by atoms with Crippen LogP contribution in [0.15, 0.2) is 0 Å². The first kappa shape index (κ1) is 25.3. The Morgan fingerprint density at radius 1 is 0.500 bits per heavy atom. The highest BCUT2D eigenvalue weighted by Crippen LogP contribution is 2.58. The molecular weight excluding hydrogens is 494 g/mol. The fourth-order valence-corrected chi connectivity index (χ4v) is 5.39. The molecule has 0 unspecified atom stereocenters. The molecule has 0 aromatic carbocycles. The van der Waals surface area contributed by atoms with Crippen molar-refractivity contribution in [1.82, 2.24) is 0 Å². The summed E-state index contributed by atoms with van der Waals surface area (Å²) in [6, 6.07) is 0. The molecule has 0 N–H and O–H groups in total. The van der Waals surface area contributed by atoms with E-state index in [9.17, 15) is 69.3 Å². The van der Waals surface area contributed by atoms with Crippen molar-refractivity contribution >= 4 is 38.2 Å². The molecule has 0 atom stereocenters. The Bertz CT molecular complexity index is 769. The fourth-order valence-electron chi connectivity index (χ4n) is 0.525. The number of alkyl halides is 9. The molecule has 0 amide bonds. The number of phosphoric acid groups is 1. The summed E-state index contributed by atoms with van der Waals surface area (Å²) in [5, 5.41) is 0. The van der Waals surface area contributed by atoms with Crippen molar-refractivity contribution in [2.24, 2.45) is 0 Å².